The van der Waals surface area contributed by atoms with E-state index in [2.05, 4.69) is 11.9 Å². The second kappa shape index (κ2) is 4.72. The molecular weight excluding hydrogens is 228 g/mol. The van der Waals surface area contributed by atoms with E-state index in [0.29, 0.717) is 5.75 Å². The lowest BCUT2D eigenvalue weighted by Gasteiger charge is -2.15. The van der Waals surface area contributed by atoms with Gasteiger partial charge in [0.15, 0.2) is 0 Å². The summed E-state index contributed by atoms with van der Waals surface area (Å²) >= 11 is 0. The molecule has 1 aromatic heterocycles. The van der Waals surface area contributed by atoms with Gasteiger partial charge >= 0.3 is 0 Å². The molecule has 0 atom stereocenters. The number of ether oxygens (including phenoxy) is 2. The van der Waals surface area contributed by atoms with Crippen molar-refractivity contribution in [2.45, 2.75) is 20.3 Å². The van der Waals surface area contributed by atoms with Crippen LogP contribution in [0.5, 0.6) is 11.5 Å². The van der Waals surface area contributed by atoms with Crippen molar-refractivity contribution in [2.75, 3.05) is 20.0 Å². The zero-order valence-corrected chi connectivity index (χ0v) is 11.2. The lowest BCUT2D eigenvalue weighted by molar-refractivity contribution is 0.410. The number of anilines is 1. The highest BCUT2D eigenvalue weighted by Gasteiger charge is 2.16. The summed E-state index contributed by atoms with van der Waals surface area (Å²) in [5.74, 6) is 1.44. The molecule has 1 heterocycles. The fourth-order valence-electron chi connectivity index (χ4n) is 2.29. The second-order valence-electron chi connectivity index (χ2n) is 4.14. The van der Waals surface area contributed by atoms with Crippen LogP contribution in [0, 0.1) is 6.92 Å². The molecule has 0 aliphatic carbocycles. The Morgan fingerprint density at radius 3 is 2.33 bits per heavy atom. The number of nitrogen functional groups attached to an aromatic ring is 1. The van der Waals surface area contributed by atoms with Gasteiger partial charge in [-0.3, -0.25) is 0 Å². The van der Waals surface area contributed by atoms with E-state index in [-0.39, 0.29) is 0 Å². The molecule has 4 nitrogen and oxygen atoms in total. The van der Waals surface area contributed by atoms with Gasteiger partial charge in [-0.25, -0.2) is 4.98 Å². The number of hydrogen-bond donors (Lipinski definition) is 1. The average molecular weight is 246 g/mol. The van der Waals surface area contributed by atoms with Crippen molar-refractivity contribution in [3.05, 3.63) is 23.4 Å². The zero-order valence-electron chi connectivity index (χ0n) is 11.2. The smallest absolute Gasteiger partial charge is 0.145 e. The number of benzene rings is 1. The van der Waals surface area contributed by atoms with Gasteiger partial charge in [-0.2, -0.15) is 0 Å². The van der Waals surface area contributed by atoms with Crippen molar-refractivity contribution in [1.29, 1.82) is 0 Å². The number of rotatable bonds is 3. The van der Waals surface area contributed by atoms with Gasteiger partial charge in [0.2, 0.25) is 0 Å². The van der Waals surface area contributed by atoms with E-state index in [1.165, 1.54) is 0 Å². The van der Waals surface area contributed by atoms with Gasteiger partial charge in [-0.1, -0.05) is 6.92 Å². The van der Waals surface area contributed by atoms with E-state index in [1.807, 2.05) is 19.1 Å². The Morgan fingerprint density at radius 2 is 1.78 bits per heavy atom. The van der Waals surface area contributed by atoms with Crippen LogP contribution in [0.4, 0.5) is 5.69 Å². The number of nitrogens with two attached hydrogens (primary N) is 1. The minimum atomic E-state index is 0.711. The van der Waals surface area contributed by atoms with Crippen molar-refractivity contribution in [1.82, 2.24) is 4.98 Å². The molecule has 0 unspecified atom stereocenters. The summed E-state index contributed by atoms with van der Waals surface area (Å²) in [7, 11) is 3.26. The Balaban J connectivity index is 2.93. The van der Waals surface area contributed by atoms with Crippen LogP contribution in [0.15, 0.2) is 12.1 Å². The van der Waals surface area contributed by atoms with Crippen LogP contribution in [0.1, 0.15) is 18.2 Å². The summed E-state index contributed by atoms with van der Waals surface area (Å²) in [5, 5.41) is 0.833. The van der Waals surface area contributed by atoms with Gasteiger partial charge in [0, 0.05) is 11.4 Å². The fourth-order valence-corrected chi connectivity index (χ4v) is 2.29. The van der Waals surface area contributed by atoms with E-state index in [1.54, 1.807) is 14.2 Å². The van der Waals surface area contributed by atoms with Crippen LogP contribution in [0.25, 0.3) is 10.9 Å². The predicted octanol–water partition coefficient (Wildman–Crippen LogP) is 2.71. The molecule has 0 aliphatic heterocycles. The molecule has 0 saturated carbocycles. The number of fused-ring (bicyclic) bond motifs is 1. The third-order valence-corrected chi connectivity index (χ3v) is 3.21. The normalized spacial score (nSPS) is 10.7. The van der Waals surface area contributed by atoms with E-state index >= 15 is 0 Å². The molecule has 2 N–H and O–H groups in total. The van der Waals surface area contributed by atoms with Gasteiger partial charge in [0.05, 0.1) is 19.6 Å². The van der Waals surface area contributed by atoms with E-state index < -0.39 is 0 Å². The Hall–Kier alpha value is -1.97. The van der Waals surface area contributed by atoms with Crippen LogP contribution in [0.2, 0.25) is 0 Å². The first-order valence-electron chi connectivity index (χ1n) is 5.93. The Kier molecular flexibility index (Phi) is 3.28. The first kappa shape index (κ1) is 12.5. The molecule has 0 saturated heterocycles. The standard InChI is InChI=1S/C14H18N2O2/c1-5-9-8(2)16-14-11(18-4)7-6-10(17-3)12(14)13(9)15/h6-7H,5H2,1-4H3,(H2,15,16). The van der Waals surface area contributed by atoms with Crippen LogP contribution >= 0.6 is 0 Å². The molecule has 2 rings (SSSR count). The largest absolute Gasteiger partial charge is 0.496 e. The van der Waals surface area contributed by atoms with Crippen molar-refractivity contribution in [3.8, 4) is 11.5 Å². The molecule has 0 spiro atoms. The second-order valence-corrected chi connectivity index (χ2v) is 4.14. The zero-order chi connectivity index (χ0) is 13.3. The number of pyridine rings is 1. The third kappa shape index (κ3) is 1.74. The van der Waals surface area contributed by atoms with Crippen LogP contribution in [-0.2, 0) is 6.42 Å². The highest BCUT2D eigenvalue weighted by Crippen LogP contribution is 2.38. The van der Waals surface area contributed by atoms with E-state index in [0.717, 1.165) is 40.0 Å². The first-order chi connectivity index (χ1) is 8.63. The maximum absolute atomic E-state index is 6.25. The molecule has 4 heteroatoms. The molecule has 0 radical (unpaired) electrons. The molecule has 0 amide bonds. The minimum absolute atomic E-state index is 0.711. The summed E-state index contributed by atoms with van der Waals surface area (Å²) in [6.07, 6.45) is 0.848. The SMILES string of the molecule is CCc1c(C)nc2c(OC)ccc(OC)c2c1N. The van der Waals surface area contributed by atoms with Gasteiger partial charge in [0.25, 0.3) is 0 Å². The summed E-state index contributed by atoms with van der Waals surface area (Å²) in [4.78, 5) is 4.60. The summed E-state index contributed by atoms with van der Waals surface area (Å²) < 4.78 is 10.7. The maximum atomic E-state index is 6.25. The van der Waals surface area contributed by atoms with Gasteiger partial charge in [-0.15, -0.1) is 0 Å². The molecule has 18 heavy (non-hydrogen) atoms. The Morgan fingerprint density at radius 1 is 1.17 bits per heavy atom. The fraction of sp³-hybridized carbons (Fsp3) is 0.357. The Labute approximate surface area is 107 Å². The summed E-state index contributed by atoms with van der Waals surface area (Å²) in [6, 6.07) is 3.70. The Bertz CT molecular complexity index is 594. The summed E-state index contributed by atoms with van der Waals surface area (Å²) in [5.41, 5.74) is 9.74. The third-order valence-electron chi connectivity index (χ3n) is 3.21. The number of aryl methyl sites for hydroxylation is 1. The van der Waals surface area contributed by atoms with Gasteiger partial charge in [0.1, 0.15) is 17.0 Å². The molecule has 0 aliphatic rings. The lowest BCUT2D eigenvalue weighted by atomic mass is 10.0. The number of methoxy groups -OCH3 is 2. The number of hydrogen-bond acceptors (Lipinski definition) is 4. The molecule has 2 aromatic rings. The van der Waals surface area contributed by atoms with E-state index in [9.17, 15) is 0 Å². The van der Waals surface area contributed by atoms with Crippen molar-refractivity contribution in [2.24, 2.45) is 0 Å². The topological polar surface area (TPSA) is 57.4 Å². The molecule has 96 valence electrons. The van der Waals surface area contributed by atoms with Crippen LogP contribution < -0.4 is 15.2 Å². The number of nitrogens with zero attached hydrogens (tertiary/aromatic N) is 1. The first-order valence-corrected chi connectivity index (χ1v) is 5.93. The highest BCUT2D eigenvalue weighted by molar-refractivity contribution is 6.00. The molecule has 1 aromatic carbocycles. The number of aromatic nitrogens is 1. The molecular formula is C14H18N2O2. The predicted molar refractivity (Wildman–Crippen MR) is 73.4 cm³/mol. The lowest BCUT2D eigenvalue weighted by Crippen LogP contribution is -2.03. The minimum Gasteiger partial charge on any atom is -0.496 e. The van der Waals surface area contributed by atoms with Crippen LogP contribution in [-0.4, -0.2) is 19.2 Å². The van der Waals surface area contributed by atoms with Crippen molar-refractivity contribution in [3.63, 3.8) is 0 Å². The van der Waals surface area contributed by atoms with E-state index in [4.69, 9.17) is 15.2 Å². The molecule has 0 fully saturated rings. The maximum Gasteiger partial charge on any atom is 0.145 e. The quantitative estimate of drug-likeness (QED) is 0.904. The average Bonchev–Trinajstić information content (AvgIpc) is 2.37. The van der Waals surface area contributed by atoms with Gasteiger partial charge < -0.3 is 15.2 Å². The van der Waals surface area contributed by atoms with Crippen molar-refractivity contribution < 1.29 is 9.47 Å². The summed E-state index contributed by atoms with van der Waals surface area (Å²) in [6.45, 7) is 4.03. The highest BCUT2D eigenvalue weighted by atomic mass is 16.5. The molecule has 0 bridgehead atoms. The monoisotopic (exact) mass is 246 g/mol. The van der Waals surface area contributed by atoms with Gasteiger partial charge in [-0.05, 0) is 31.0 Å². The van der Waals surface area contributed by atoms with Crippen molar-refractivity contribution >= 4 is 16.6 Å². The van der Waals surface area contributed by atoms with Crippen LogP contribution in [0.3, 0.4) is 0 Å².